The van der Waals surface area contributed by atoms with Crippen molar-refractivity contribution in [1.29, 1.82) is 0 Å². The van der Waals surface area contributed by atoms with Crippen LogP contribution < -0.4 is 15.0 Å². The highest BCUT2D eigenvalue weighted by Gasteiger charge is 2.30. The van der Waals surface area contributed by atoms with Crippen molar-refractivity contribution in [3.63, 3.8) is 0 Å². The van der Waals surface area contributed by atoms with E-state index in [1.54, 1.807) is 6.07 Å². The fourth-order valence-corrected chi connectivity index (χ4v) is 5.65. The SMILES string of the molecule is CNC(=S)N1CCSC1c1ccccc1OCCN1CCN(c2ccccc2F)CC1. The number of halogens is 1. The van der Waals surface area contributed by atoms with E-state index in [1.807, 2.05) is 43.1 Å². The zero-order valence-electron chi connectivity index (χ0n) is 17.8. The van der Waals surface area contributed by atoms with Gasteiger partial charge >= 0.3 is 0 Å². The Balaban J connectivity index is 1.30. The van der Waals surface area contributed by atoms with Gasteiger partial charge in [0.2, 0.25) is 0 Å². The summed E-state index contributed by atoms with van der Waals surface area (Å²) in [6.45, 7) is 5.89. The Bertz CT molecular complexity index is 891. The average Bonchev–Trinajstić information content (AvgIpc) is 3.30. The van der Waals surface area contributed by atoms with Crippen LogP contribution in [0.1, 0.15) is 10.9 Å². The fourth-order valence-electron chi connectivity index (χ4n) is 4.10. The molecule has 1 N–H and O–H groups in total. The highest BCUT2D eigenvalue weighted by atomic mass is 32.2. The van der Waals surface area contributed by atoms with Crippen LogP contribution in [-0.4, -0.2) is 73.6 Å². The second kappa shape index (κ2) is 10.5. The highest BCUT2D eigenvalue weighted by molar-refractivity contribution is 7.99. The van der Waals surface area contributed by atoms with E-state index in [0.717, 1.165) is 55.9 Å². The van der Waals surface area contributed by atoms with Gasteiger partial charge in [0.15, 0.2) is 5.11 Å². The van der Waals surface area contributed by atoms with E-state index < -0.39 is 0 Å². The standard InChI is InChI=1S/C23H29FN4OS2/c1-25-23(30)28-15-17-31-22(28)18-6-2-5-9-21(18)29-16-14-26-10-12-27(13-11-26)20-8-4-3-7-19(20)24/h2-9,22H,10-17H2,1H3,(H,25,30). The van der Waals surface area contributed by atoms with Gasteiger partial charge in [-0.25, -0.2) is 4.39 Å². The molecule has 0 saturated carbocycles. The number of piperazine rings is 1. The van der Waals surface area contributed by atoms with Crippen LogP contribution in [0.15, 0.2) is 48.5 Å². The Morgan fingerprint density at radius 1 is 1.10 bits per heavy atom. The predicted molar refractivity (Wildman–Crippen MR) is 131 cm³/mol. The lowest BCUT2D eigenvalue weighted by Crippen LogP contribution is -2.47. The number of nitrogens with zero attached hydrogens (tertiary/aromatic N) is 3. The number of hydrogen-bond acceptors (Lipinski definition) is 5. The topological polar surface area (TPSA) is 31.0 Å². The lowest BCUT2D eigenvalue weighted by Gasteiger charge is -2.36. The molecule has 31 heavy (non-hydrogen) atoms. The molecule has 1 unspecified atom stereocenters. The predicted octanol–water partition coefficient (Wildman–Crippen LogP) is 3.58. The molecule has 5 nitrogen and oxygen atoms in total. The van der Waals surface area contributed by atoms with Crippen LogP contribution in [0.25, 0.3) is 0 Å². The smallest absolute Gasteiger partial charge is 0.169 e. The molecular weight excluding hydrogens is 431 g/mol. The summed E-state index contributed by atoms with van der Waals surface area (Å²) in [6.07, 6.45) is 0. The van der Waals surface area contributed by atoms with Crippen LogP contribution >= 0.6 is 24.0 Å². The molecule has 2 aromatic carbocycles. The summed E-state index contributed by atoms with van der Waals surface area (Å²) in [5, 5.41) is 4.06. The Labute approximate surface area is 193 Å². The summed E-state index contributed by atoms with van der Waals surface area (Å²) in [4.78, 5) is 6.73. The van der Waals surface area contributed by atoms with Crippen LogP contribution in [0.5, 0.6) is 5.75 Å². The monoisotopic (exact) mass is 460 g/mol. The van der Waals surface area contributed by atoms with E-state index in [9.17, 15) is 4.39 Å². The summed E-state index contributed by atoms with van der Waals surface area (Å²) < 4.78 is 20.3. The van der Waals surface area contributed by atoms with Gasteiger partial charge in [-0.1, -0.05) is 30.3 Å². The Morgan fingerprint density at radius 2 is 1.84 bits per heavy atom. The summed E-state index contributed by atoms with van der Waals surface area (Å²) in [6, 6.07) is 15.3. The molecule has 1 atom stereocenters. The zero-order valence-corrected chi connectivity index (χ0v) is 19.4. The van der Waals surface area contributed by atoms with Gasteiger partial charge in [-0.05, 0) is 30.4 Å². The van der Waals surface area contributed by atoms with Crippen molar-refractivity contribution in [1.82, 2.24) is 15.1 Å². The van der Waals surface area contributed by atoms with Gasteiger partial charge in [-0.15, -0.1) is 11.8 Å². The molecule has 2 aromatic rings. The van der Waals surface area contributed by atoms with Crippen molar-refractivity contribution in [3.05, 3.63) is 59.9 Å². The summed E-state index contributed by atoms with van der Waals surface area (Å²) in [5.41, 5.74) is 1.87. The molecule has 2 fully saturated rings. The lowest BCUT2D eigenvalue weighted by atomic mass is 10.2. The Hall–Kier alpha value is -2.03. The largest absolute Gasteiger partial charge is 0.492 e. The Kier molecular flexibility index (Phi) is 7.53. The van der Waals surface area contributed by atoms with Crippen molar-refractivity contribution in [2.45, 2.75) is 5.37 Å². The van der Waals surface area contributed by atoms with Crippen LogP contribution in [0.2, 0.25) is 0 Å². The maximum Gasteiger partial charge on any atom is 0.169 e. The molecule has 4 rings (SSSR count). The number of nitrogens with one attached hydrogen (secondary N) is 1. The molecule has 2 saturated heterocycles. The normalized spacial score (nSPS) is 19.5. The molecular formula is C23H29FN4OS2. The third kappa shape index (κ3) is 5.25. The maximum absolute atomic E-state index is 14.0. The van der Waals surface area contributed by atoms with Gasteiger partial charge in [0, 0.05) is 57.6 Å². The van der Waals surface area contributed by atoms with Crippen LogP contribution in [0.3, 0.4) is 0 Å². The highest BCUT2D eigenvalue weighted by Crippen LogP contribution is 2.41. The molecule has 8 heteroatoms. The number of rotatable bonds is 6. The van der Waals surface area contributed by atoms with Crippen LogP contribution in [0, 0.1) is 5.82 Å². The van der Waals surface area contributed by atoms with Crippen LogP contribution in [-0.2, 0) is 0 Å². The van der Waals surface area contributed by atoms with Crippen molar-refractivity contribution < 1.29 is 9.13 Å². The van der Waals surface area contributed by atoms with Gasteiger partial charge in [-0.2, -0.15) is 0 Å². The number of anilines is 1. The first kappa shape index (κ1) is 22.2. The molecule has 0 spiro atoms. The van der Waals surface area contributed by atoms with Crippen LogP contribution in [0.4, 0.5) is 10.1 Å². The van der Waals surface area contributed by atoms with Gasteiger partial charge < -0.3 is 19.9 Å². The van der Waals surface area contributed by atoms with E-state index >= 15 is 0 Å². The molecule has 0 bridgehead atoms. The molecule has 166 valence electrons. The van der Waals surface area contributed by atoms with Gasteiger partial charge in [0.25, 0.3) is 0 Å². The molecule has 0 radical (unpaired) electrons. The number of ether oxygens (including phenoxy) is 1. The van der Waals surface area contributed by atoms with E-state index in [2.05, 4.69) is 32.1 Å². The second-order valence-electron chi connectivity index (χ2n) is 7.64. The minimum Gasteiger partial charge on any atom is -0.492 e. The number of benzene rings is 2. The lowest BCUT2D eigenvalue weighted by molar-refractivity contribution is 0.199. The third-order valence-corrected chi connectivity index (χ3v) is 7.46. The third-order valence-electron chi connectivity index (χ3n) is 5.78. The van der Waals surface area contributed by atoms with Crippen molar-refractivity contribution in [2.24, 2.45) is 0 Å². The van der Waals surface area contributed by atoms with E-state index in [1.165, 1.54) is 11.6 Å². The maximum atomic E-state index is 14.0. The minimum atomic E-state index is -0.146. The van der Waals surface area contributed by atoms with Gasteiger partial charge in [0.05, 0.1) is 5.69 Å². The van der Waals surface area contributed by atoms with Gasteiger partial charge in [0.1, 0.15) is 23.5 Å². The number of thioether (sulfide) groups is 1. The summed E-state index contributed by atoms with van der Waals surface area (Å²) in [7, 11) is 1.87. The molecule has 0 aliphatic carbocycles. The second-order valence-corrected chi connectivity index (χ2v) is 9.21. The Morgan fingerprint density at radius 3 is 2.61 bits per heavy atom. The zero-order chi connectivity index (χ0) is 21.6. The van der Waals surface area contributed by atoms with E-state index in [0.29, 0.717) is 12.3 Å². The molecule has 2 aliphatic heterocycles. The summed E-state index contributed by atoms with van der Waals surface area (Å²) >= 11 is 7.38. The number of thiocarbonyl (C=S) groups is 1. The molecule has 2 aliphatic rings. The first-order chi connectivity index (χ1) is 15.2. The number of para-hydroxylation sites is 2. The minimum absolute atomic E-state index is 0.146. The van der Waals surface area contributed by atoms with E-state index in [4.69, 9.17) is 17.0 Å². The quantitative estimate of drug-likeness (QED) is 0.660. The molecule has 0 amide bonds. The van der Waals surface area contributed by atoms with Crippen molar-refractivity contribution in [3.8, 4) is 5.75 Å². The fraction of sp³-hybridized carbons (Fsp3) is 0.435. The summed E-state index contributed by atoms with van der Waals surface area (Å²) in [5.74, 6) is 1.83. The van der Waals surface area contributed by atoms with Crippen molar-refractivity contribution in [2.75, 3.05) is 63.6 Å². The average molecular weight is 461 g/mol. The first-order valence-electron chi connectivity index (χ1n) is 10.7. The van der Waals surface area contributed by atoms with Crippen molar-refractivity contribution >= 4 is 34.8 Å². The van der Waals surface area contributed by atoms with E-state index in [-0.39, 0.29) is 11.2 Å². The van der Waals surface area contributed by atoms with Gasteiger partial charge in [-0.3, -0.25) is 4.90 Å². The number of hydrogen-bond donors (Lipinski definition) is 1. The first-order valence-corrected chi connectivity index (χ1v) is 12.2. The molecule has 2 heterocycles. The molecule has 0 aromatic heterocycles.